The van der Waals surface area contributed by atoms with Crippen LogP contribution in [0.25, 0.3) is 10.4 Å². The van der Waals surface area contributed by atoms with Crippen molar-refractivity contribution in [2.45, 2.75) is 89.6 Å². The van der Waals surface area contributed by atoms with Gasteiger partial charge in [0.15, 0.2) is 5.82 Å². The number of thiazole rings is 1. The molecule has 1 aliphatic rings. The number of nitrogens with zero attached hydrogens (tertiary/aromatic N) is 3. The second kappa shape index (κ2) is 14.5. The number of rotatable bonds is 9. The molecule has 0 atom stereocenters. The van der Waals surface area contributed by atoms with Crippen molar-refractivity contribution in [1.29, 1.82) is 0 Å². The molecule has 0 spiro atoms. The highest BCUT2D eigenvalue weighted by Gasteiger charge is 2.23. The fourth-order valence-corrected chi connectivity index (χ4v) is 6.82. The largest absolute Gasteiger partial charge is 0.447 e. The average molecular weight is 589 g/mol. The molecule has 0 unspecified atom stereocenters. The van der Waals surface area contributed by atoms with Crippen LogP contribution in [0.15, 0.2) is 41.4 Å². The minimum atomic E-state index is -3.68. The van der Waals surface area contributed by atoms with Gasteiger partial charge in [0, 0.05) is 29.9 Å². The minimum absolute atomic E-state index is 0.0995. The molecule has 3 aromatic rings. The molecule has 40 heavy (non-hydrogen) atoms. The van der Waals surface area contributed by atoms with Crippen LogP contribution in [0.2, 0.25) is 0 Å². The molecule has 218 valence electrons. The first kappa shape index (κ1) is 31.4. The number of nitrogens with one attached hydrogen (secondary N) is 2. The standard InChI is InChI=1S/C24H31N5O2S2.C4H9NO2/c1-4-26-33(30,31)22-14-18(27-23-13-12-20(16(2)3)28-29-23)10-11-19(22)21-15-25-24(32-21)17-8-6-5-7-9-17;1-3(2)7-4(5)6/h10-17,26H,4-9H2,1-3H3,(H,27,29);3H,1-2H3,(H2,5,6). The third kappa shape index (κ3) is 8.97. The van der Waals surface area contributed by atoms with Crippen molar-refractivity contribution in [3.8, 4) is 10.4 Å². The van der Waals surface area contributed by atoms with Gasteiger partial charge >= 0.3 is 6.09 Å². The summed E-state index contributed by atoms with van der Waals surface area (Å²) in [5.41, 5.74) is 6.85. The van der Waals surface area contributed by atoms with Gasteiger partial charge in [-0.15, -0.1) is 16.4 Å². The molecular formula is C28H40N6O4S2. The average Bonchev–Trinajstić information content (AvgIpc) is 3.39. The topological polar surface area (TPSA) is 149 Å². The Hall–Kier alpha value is -3.09. The van der Waals surface area contributed by atoms with Gasteiger partial charge in [0.1, 0.15) is 0 Å². The maximum atomic E-state index is 13.1. The van der Waals surface area contributed by atoms with Crippen LogP contribution in [0.3, 0.4) is 0 Å². The molecule has 10 nitrogen and oxygen atoms in total. The molecule has 0 radical (unpaired) electrons. The van der Waals surface area contributed by atoms with Gasteiger partial charge in [-0.25, -0.2) is 22.9 Å². The van der Waals surface area contributed by atoms with Crippen molar-refractivity contribution < 1.29 is 17.9 Å². The van der Waals surface area contributed by atoms with Crippen molar-refractivity contribution in [3.63, 3.8) is 0 Å². The maximum Gasteiger partial charge on any atom is 0.404 e. The number of ether oxygens (including phenoxy) is 1. The van der Waals surface area contributed by atoms with Gasteiger partial charge in [0.25, 0.3) is 0 Å². The van der Waals surface area contributed by atoms with E-state index in [1.54, 1.807) is 38.2 Å². The Morgan fingerprint density at radius 1 is 1.10 bits per heavy atom. The Morgan fingerprint density at radius 2 is 1.82 bits per heavy atom. The third-order valence-electron chi connectivity index (χ3n) is 6.25. The number of hydrogen-bond donors (Lipinski definition) is 3. The lowest BCUT2D eigenvalue weighted by atomic mass is 9.90. The van der Waals surface area contributed by atoms with Gasteiger partial charge in [-0.05, 0) is 56.9 Å². The molecule has 0 bridgehead atoms. The Kier molecular flexibility index (Phi) is 11.4. The van der Waals surface area contributed by atoms with Crippen LogP contribution in [-0.4, -0.2) is 42.3 Å². The summed E-state index contributed by atoms with van der Waals surface area (Å²) < 4.78 is 33.2. The first-order valence-corrected chi connectivity index (χ1v) is 16.0. The summed E-state index contributed by atoms with van der Waals surface area (Å²) in [4.78, 5) is 15.6. The molecule has 4 N–H and O–H groups in total. The molecule has 2 aromatic heterocycles. The molecule has 1 saturated carbocycles. The number of benzene rings is 1. The summed E-state index contributed by atoms with van der Waals surface area (Å²) in [6, 6.07) is 9.16. The van der Waals surface area contributed by atoms with Gasteiger partial charge in [0.2, 0.25) is 10.0 Å². The van der Waals surface area contributed by atoms with Crippen LogP contribution in [-0.2, 0) is 14.8 Å². The van der Waals surface area contributed by atoms with E-state index in [-0.39, 0.29) is 11.0 Å². The zero-order valence-electron chi connectivity index (χ0n) is 23.8. The van der Waals surface area contributed by atoms with Gasteiger partial charge < -0.3 is 15.8 Å². The van der Waals surface area contributed by atoms with E-state index in [2.05, 4.69) is 49.5 Å². The number of aromatic nitrogens is 3. The Bertz CT molecular complexity index is 1350. The molecule has 1 fully saturated rings. The van der Waals surface area contributed by atoms with Crippen LogP contribution in [0.4, 0.5) is 16.3 Å². The lowest BCUT2D eigenvalue weighted by Crippen LogP contribution is -2.23. The molecule has 1 aliphatic carbocycles. The quantitative estimate of drug-likeness (QED) is 0.263. The normalized spacial score (nSPS) is 14.1. The Morgan fingerprint density at radius 3 is 2.38 bits per heavy atom. The van der Waals surface area contributed by atoms with Gasteiger partial charge in [-0.3, -0.25) is 0 Å². The predicted octanol–water partition coefficient (Wildman–Crippen LogP) is 6.30. The van der Waals surface area contributed by atoms with E-state index in [1.807, 2.05) is 30.5 Å². The van der Waals surface area contributed by atoms with Crippen LogP contribution in [0.5, 0.6) is 0 Å². The van der Waals surface area contributed by atoms with E-state index in [1.165, 1.54) is 19.3 Å². The predicted molar refractivity (Wildman–Crippen MR) is 159 cm³/mol. The smallest absolute Gasteiger partial charge is 0.404 e. The number of anilines is 2. The number of primary amides is 1. The lowest BCUT2D eigenvalue weighted by molar-refractivity contribution is 0.125. The second-order valence-corrected chi connectivity index (χ2v) is 13.0. The van der Waals surface area contributed by atoms with Gasteiger partial charge in [0.05, 0.1) is 26.6 Å². The summed E-state index contributed by atoms with van der Waals surface area (Å²) in [5.74, 6) is 1.34. The van der Waals surface area contributed by atoms with E-state index in [0.717, 1.165) is 28.4 Å². The van der Waals surface area contributed by atoms with Gasteiger partial charge in [-0.2, -0.15) is 5.10 Å². The number of carbonyl (C=O) groups excluding carboxylic acids is 1. The third-order valence-corrected chi connectivity index (χ3v) is 9.03. The Labute approximate surface area is 241 Å². The van der Waals surface area contributed by atoms with Crippen LogP contribution in [0.1, 0.15) is 89.3 Å². The second-order valence-electron chi connectivity index (χ2n) is 10.2. The van der Waals surface area contributed by atoms with E-state index >= 15 is 0 Å². The molecule has 0 saturated heterocycles. The van der Waals surface area contributed by atoms with Crippen molar-refractivity contribution in [3.05, 3.63) is 47.2 Å². The maximum absolute atomic E-state index is 13.1. The summed E-state index contributed by atoms with van der Waals surface area (Å²) in [6.07, 6.45) is 7.09. The molecule has 1 amide bonds. The van der Waals surface area contributed by atoms with Crippen LogP contribution >= 0.6 is 11.3 Å². The molecule has 1 aromatic carbocycles. The number of amides is 1. The van der Waals surface area contributed by atoms with Crippen molar-refractivity contribution in [2.75, 3.05) is 11.9 Å². The highest BCUT2D eigenvalue weighted by Crippen LogP contribution is 2.39. The van der Waals surface area contributed by atoms with Crippen molar-refractivity contribution in [1.82, 2.24) is 19.9 Å². The molecule has 12 heteroatoms. The molecular weight excluding hydrogens is 548 g/mol. The highest BCUT2D eigenvalue weighted by atomic mass is 32.2. The number of carbonyl (C=O) groups is 1. The zero-order valence-corrected chi connectivity index (χ0v) is 25.4. The van der Waals surface area contributed by atoms with Crippen LogP contribution < -0.4 is 15.8 Å². The summed E-state index contributed by atoms with van der Waals surface area (Å²) in [7, 11) is -3.68. The molecule has 0 aliphatic heterocycles. The number of sulfonamides is 1. The van der Waals surface area contributed by atoms with Crippen LogP contribution in [0, 0.1) is 0 Å². The fraction of sp³-hybridized carbons (Fsp3) is 0.500. The molecule has 4 rings (SSSR count). The van der Waals surface area contributed by atoms with E-state index < -0.39 is 16.1 Å². The van der Waals surface area contributed by atoms with Crippen molar-refractivity contribution >= 4 is 39.0 Å². The monoisotopic (exact) mass is 588 g/mol. The molecule has 2 heterocycles. The number of nitrogens with two attached hydrogens (primary N) is 1. The first-order valence-electron chi connectivity index (χ1n) is 13.7. The van der Waals surface area contributed by atoms with E-state index in [9.17, 15) is 13.2 Å². The summed E-state index contributed by atoms with van der Waals surface area (Å²) in [6.45, 7) is 9.70. The van der Waals surface area contributed by atoms with Gasteiger partial charge in [-0.1, -0.05) is 46.1 Å². The minimum Gasteiger partial charge on any atom is -0.447 e. The van der Waals surface area contributed by atoms with E-state index in [4.69, 9.17) is 0 Å². The first-order chi connectivity index (χ1) is 19.0. The highest BCUT2D eigenvalue weighted by molar-refractivity contribution is 7.89. The van der Waals surface area contributed by atoms with E-state index in [0.29, 0.717) is 35.4 Å². The number of hydrogen-bond acceptors (Lipinski definition) is 9. The summed E-state index contributed by atoms with van der Waals surface area (Å²) in [5, 5.41) is 12.8. The summed E-state index contributed by atoms with van der Waals surface area (Å²) >= 11 is 1.61. The van der Waals surface area contributed by atoms with Crippen molar-refractivity contribution in [2.24, 2.45) is 5.73 Å². The fourth-order valence-electron chi connectivity index (χ4n) is 4.34. The zero-order chi connectivity index (χ0) is 29.3. The SMILES string of the molecule is CC(C)OC(N)=O.CCNS(=O)(=O)c1cc(Nc2ccc(C(C)C)nn2)ccc1-c1cnc(C2CCCCC2)s1. The lowest BCUT2D eigenvalue weighted by Gasteiger charge is -2.18. The Balaban J connectivity index is 0.000000559.